The molecular weight excluding hydrogens is 242 g/mol. The van der Waals surface area contributed by atoms with Gasteiger partial charge >= 0.3 is 5.97 Å². The average Bonchev–Trinajstić information content (AvgIpc) is 2.45. The summed E-state index contributed by atoms with van der Waals surface area (Å²) in [5, 5.41) is 0. The SMILES string of the molecule is Nc1ccccc1CCC(=O)OCC1CCCCO1. The van der Waals surface area contributed by atoms with E-state index in [-0.39, 0.29) is 12.1 Å². The highest BCUT2D eigenvalue weighted by Crippen LogP contribution is 2.15. The number of carbonyl (C=O) groups is 1. The number of carbonyl (C=O) groups excluding carboxylic acids is 1. The first-order chi connectivity index (χ1) is 9.25. The number of rotatable bonds is 5. The van der Waals surface area contributed by atoms with Crippen LogP contribution in [0, 0.1) is 0 Å². The van der Waals surface area contributed by atoms with Crippen molar-refractivity contribution in [1.29, 1.82) is 0 Å². The summed E-state index contributed by atoms with van der Waals surface area (Å²) in [6.07, 6.45) is 4.32. The van der Waals surface area contributed by atoms with Gasteiger partial charge in [-0.25, -0.2) is 0 Å². The maximum Gasteiger partial charge on any atom is 0.306 e. The van der Waals surface area contributed by atoms with Crippen LogP contribution in [0.15, 0.2) is 24.3 Å². The molecule has 0 aromatic heterocycles. The van der Waals surface area contributed by atoms with Gasteiger partial charge in [0.1, 0.15) is 6.61 Å². The summed E-state index contributed by atoms with van der Waals surface area (Å²) in [5.74, 6) is -0.183. The van der Waals surface area contributed by atoms with Gasteiger partial charge in [-0.05, 0) is 37.3 Å². The van der Waals surface area contributed by atoms with Crippen molar-refractivity contribution in [2.45, 2.75) is 38.2 Å². The van der Waals surface area contributed by atoms with E-state index < -0.39 is 0 Å². The summed E-state index contributed by atoms with van der Waals surface area (Å²) in [6.45, 7) is 1.16. The molecule has 1 aromatic rings. The highest BCUT2D eigenvalue weighted by Gasteiger charge is 2.16. The highest BCUT2D eigenvalue weighted by molar-refractivity contribution is 5.70. The quantitative estimate of drug-likeness (QED) is 0.654. The van der Waals surface area contributed by atoms with Crippen LogP contribution in [0.25, 0.3) is 0 Å². The standard InChI is InChI=1S/C15H21NO3/c16-14-7-2-1-5-12(14)8-9-15(17)19-11-13-6-3-4-10-18-13/h1-2,5,7,13H,3-4,6,8-11,16H2. The fraction of sp³-hybridized carbons (Fsp3) is 0.533. The van der Waals surface area contributed by atoms with Crippen LogP contribution < -0.4 is 5.73 Å². The number of ether oxygens (including phenoxy) is 2. The van der Waals surface area contributed by atoms with Gasteiger partial charge in [-0.1, -0.05) is 18.2 Å². The second-order valence-corrected chi connectivity index (χ2v) is 4.87. The summed E-state index contributed by atoms with van der Waals surface area (Å²) in [5.41, 5.74) is 7.55. The zero-order chi connectivity index (χ0) is 13.5. The van der Waals surface area contributed by atoms with Gasteiger partial charge in [0.25, 0.3) is 0 Å². The number of anilines is 1. The molecule has 1 aliphatic rings. The van der Waals surface area contributed by atoms with Crippen LogP contribution >= 0.6 is 0 Å². The third-order valence-electron chi connectivity index (χ3n) is 3.36. The Kier molecular flexibility index (Phi) is 5.21. The average molecular weight is 263 g/mol. The molecule has 0 aliphatic carbocycles. The Morgan fingerprint density at radius 1 is 1.37 bits per heavy atom. The molecule has 4 heteroatoms. The van der Waals surface area contributed by atoms with Gasteiger partial charge in [0.15, 0.2) is 0 Å². The number of esters is 1. The van der Waals surface area contributed by atoms with Crippen molar-refractivity contribution in [1.82, 2.24) is 0 Å². The van der Waals surface area contributed by atoms with Crippen molar-refractivity contribution in [2.24, 2.45) is 0 Å². The minimum absolute atomic E-state index is 0.0829. The van der Waals surface area contributed by atoms with Crippen molar-refractivity contribution in [2.75, 3.05) is 18.9 Å². The Labute approximate surface area is 113 Å². The molecule has 2 rings (SSSR count). The Bertz CT molecular complexity index is 414. The lowest BCUT2D eigenvalue weighted by atomic mass is 10.1. The molecule has 1 aliphatic heterocycles. The maximum absolute atomic E-state index is 11.7. The summed E-state index contributed by atoms with van der Waals surface area (Å²) in [4.78, 5) is 11.7. The molecule has 1 heterocycles. The molecule has 1 unspecified atom stereocenters. The monoisotopic (exact) mass is 263 g/mol. The summed E-state index contributed by atoms with van der Waals surface area (Å²) < 4.78 is 10.8. The predicted octanol–water partition coefficient (Wildman–Crippen LogP) is 2.31. The molecule has 2 N–H and O–H groups in total. The lowest BCUT2D eigenvalue weighted by molar-refractivity contribution is -0.149. The second kappa shape index (κ2) is 7.14. The predicted molar refractivity (Wildman–Crippen MR) is 73.7 cm³/mol. The van der Waals surface area contributed by atoms with Crippen molar-refractivity contribution in [3.05, 3.63) is 29.8 Å². The van der Waals surface area contributed by atoms with E-state index in [9.17, 15) is 4.79 Å². The third kappa shape index (κ3) is 4.56. The van der Waals surface area contributed by atoms with E-state index in [0.29, 0.717) is 19.4 Å². The molecule has 0 radical (unpaired) electrons. The number of hydrogen-bond acceptors (Lipinski definition) is 4. The highest BCUT2D eigenvalue weighted by atomic mass is 16.6. The minimum atomic E-state index is -0.183. The number of benzene rings is 1. The molecular formula is C15H21NO3. The van der Waals surface area contributed by atoms with Crippen LogP contribution in [0.2, 0.25) is 0 Å². The van der Waals surface area contributed by atoms with Gasteiger partial charge in [0, 0.05) is 18.7 Å². The topological polar surface area (TPSA) is 61.6 Å². The molecule has 19 heavy (non-hydrogen) atoms. The molecule has 0 spiro atoms. The van der Waals surface area contributed by atoms with E-state index in [1.165, 1.54) is 0 Å². The smallest absolute Gasteiger partial charge is 0.306 e. The number of aryl methyl sites for hydroxylation is 1. The van der Waals surface area contributed by atoms with E-state index in [0.717, 1.165) is 37.1 Å². The van der Waals surface area contributed by atoms with Gasteiger partial charge in [-0.15, -0.1) is 0 Å². The number of nitrogen functional groups attached to an aromatic ring is 1. The normalized spacial score (nSPS) is 19.1. The minimum Gasteiger partial charge on any atom is -0.463 e. The summed E-state index contributed by atoms with van der Waals surface area (Å²) in [6, 6.07) is 7.59. The van der Waals surface area contributed by atoms with Gasteiger partial charge in [-0.2, -0.15) is 0 Å². The third-order valence-corrected chi connectivity index (χ3v) is 3.36. The fourth-order valence-electron chi connectivity index (χ4n) is 2.20. The fourth-order valence-corrected chi connectivity index (χ4v) is 2.20. The van der Waals surface area contributed by atoms with Crippen LogP contribution in [0.5, 0.6) is 0 Å². The maximum atomic E-state index is 11.7. The van der Waals surface area contributed by atoms with Crippen LogP contribution in [0.1, 0.15) is 31.2 Å². The first kappa shape index (κ1) is 13.9. The molecule has 1 aromatic carbocycles. The van der Waals surface area contributed by atoms with Crippen molar-refractivity contribution < 1.29 is 14.3 Å². The van der Waals surface area contributed by atoms with Gasteiger partial charge < -0.3 is 15.2 Å². The zero-order valence-corrected chi connectivity index (χ0v) is 11.1. The Morgan fingerprint density at radius 3 is 2.95 bits per heavy atom. The van der Waals surface area contributed by atoms with E-state index in [4.69, 9.17) is 15.2 Å². The number of hydrogen-bond donors (Lipinski definition) is 1. The molecule has 1 atom stereocenters. The van der Waals surface area contributed by atoms with Gasteiger partial charge in [0.05, 0.1) is 6.10 Å². The molecule has 4 nitrogen and oxygen atoms in total. The number of para-hydroxylation sites is 1. The van der Waals surface area contributed by atoms with E-state index in [1.807, 2.05) is 24.3 Å². The van der Waals surface area contributed by atoms with Crippen LogP contribution in [0.3, 0.4) is 0 Å². The van der Waals surface area contributed by atoms with Gasteiger partial charge in [0.2, 0.25) is 0 Å². The van der Waals surface area contributed by atoms with Gasteiger partial charge in [-0.3, -0.25) is 4.79 Å². The molecule has 1 saturated heterocycles. The lowest BCUT2D eigenvalue weighted by Gasteiger charge is -2.22. The van der Waals surface area contributed by atoms with Crippen LogP contribution in [-0.2, 0) is 20.7 Å². The summed E-state index contributed by atoms with van der Waals surface area (Å²) in [7, 11) is 0. The molecule has 0 saturated carbocycles. The van der Waals surface area contributed by atoms with E-state index >= 15 is 0 Å². The van der Waals surface area contributed by atoms with Crippen molar-refractivity contribution in [3.8, 4) is 0 Å². The largest absolute Gasteiger partial charge is 0.463 e. The zero-order valence-electron chi connectivity index (χ0n) is 11.1. The Morgan fingerprint density at radius 2 is 2.21 bits per heavy atom. The van der Waals surface area contributed by atoms with E-state index in [1.54, 1.807) is 0 Å². The van der Waals surface area contributed by atoms with Crippen LogP contribution in [-0.4, -0.2) is 25.3 Å². The van der Waals surface area contributed by atoms with Crippen LogP contribution in [0.4, 0.5) is 5.69 Å². The Hall–Kier alpha value is -1.55. The second-order valence-electron chi connectivity index (χ2n) is 4.87. The molecule has 0 amide bonds. The van der Waals surface area contributed by atoms with Crippen molar-refractivity contribution in [3.63, 3.8) is 0 Å². The summed E-state index contributed by atoms with van der Waals surface area (Å²) >= 11 is 0. The molecule has 0 bridgehead atoms. The first-order valence-electron chi connectivity index (χ1n) is 6.86. The molecule has 104 valence electrons. The Balaban J connectivity index is 1.68. The number of nitrogens with two attached hydrogens (primary N) is 1. The first-order valence-corrected chi connectivity index (χ1v) is 6.86. The van der Waals surface area contributed by atoms with E-state index in [2.05, 4.69) is 0 Å². The molecule has 1 fully saturated rings. The lowest BCUT2D eigenvalue weighted by Crippen LogP contribution is -2.26. The van der Waals surface area contributed by atoms with Crippen molar-refractivity contribution >= 4 is 11.7 Å².